The second kappa shape index (κ2) is 9.14. The summed E-state index contributed by atoms with van der Waals surface area (Å²) in [6, 6.07) is 5.04. The van der Waals surface area contributed by atoms with E-state index in [1.165, 1.54) is 0 Å². The van der Waals surface area contributed by atoms with Crippen molar-refractivity contribution in [3.05, 3.63) is 58.7 Å². The van der Waals surface area contributed by atoms with E-state index in [2.05, 4.69) is 25.2 Å². The van der Waals surface area contributed by atoms with Gasteiger partial charge in [-0.15, -0.1) is 5.10 Å². The van der Waals surface area contributed by atoms with Gasteiger partial charge in [0.15, 0.2) is 10.7 Å². The first-order valence-electron chi connectivity index (χ1n) is 10.9. The van der Waals surface area contributed by atoms with Crippen molar-refractivity contribution in [1.82, 2.24) is 33.9 Å². The molecule has 2 aliphatic rings. The lowest BCUT2D eigenvalue weighted by molar-refractivity contribution is 0.0948. The summed E-state index contributed by atoms with van der Waals surface area (Å²) in [4.78, 5) is 43.5. The van der Waals surface area contributed by atoms with Gasteiger partial charge in [0, 0.05) is 74.3 Å². The Morgan fingerprint density at radius 2 is 2.12 bits per heavy atom. The molecule has 11 nitrogen and oxygen atoms in total. The summed E-state index contributed by atoms with van der Waals surface area (Å²) in [7, 11) is 0. The third-order valence-electron chi connectivity index (χ3n) is 6.13. The summed E-state index contributed by atoms with van der Waals surface area (Å²) in [6.45, 7) is 2.91. The second-order valence-corrected chi connectivity index (χ2v) is 9.15. The number of nitrogens with zero attached hydrogens (tertiary/aromatic N) is 6. The number of rotatable bonds is 6. The number of piperidine rings is 1. The normalized spacial score (nSPS) is 19.1. The molecule has 0 saturated carbocycles. The van der Waals surface area contributed by atoms with Gasteiger partial charge in [0.25, 0.3) is 11.5 Å². The van der Waals surface area contributed by atoms with Gasteiger partial charge >= 0.3 is 6.03 Å². The minimum absolute atomic E-state index is 0.0107. The number of aromatic nitrogens is 5. The van der Waals surface area contributed by atoms with Gasteiger partial charge in [0.05, 0.1) is 6.33 Å². The fourth-order valence-corrected chi connectivity index (χ4v) is 5.18. The van der Waals surface area contributed by atoms with Crippen molar-refractivity contribution in [2.24, 2.45) is 5.92 Å². The minimum atomic E-state index is -0.367. The van der Waals surface area contributed by atoms with Crippen LogP contribution in [0.4, 0.5) is 9.80 Å². The second-order valence-electron chi connectivity index (χ2n) is 8.39. The van der Waals surface area contributed by atoms with Crippen molar-refractivity contribution >= 4 is 28.5 Å². The average Bonchev–Trinajstić information content (AvgIpc) is 3.49. The number of carbonyl (C=O) groups is 2. The summed E-state index contributed by atoms with van der Waals surface area (Å²) < 4.78 is 7.62. The van der Waals surface area contributed by atoms with Crippen LogP contribution in [0.25, 0.3) is 0 Å². The average molecular weight is 469 g/mol. The molecule has 3 aromatic rings. The molecule has 2 atom stereocenters. The van der Waals surface area contributed by atoms with Crippen molar-refractivity contribution < 1.29 is 9.59 Å². The number of anilines is 1. The molecule has 2 N–H and O–H groups in total. The van der Waals surface area contributed by atoms with Crippen molar-refractivity contribution in [3.63, 3.8) is 0 Å². The predicted molar refractivity (Wildman–Crippen MR) is 121 cm³/mol. The lowest BCUT2D eigenvalue weighted by Gasteiger charge is -2.42. The van der Waals surface area contributed by atoms with Crippen LogP contribution in [0.1, 0.15) is 34.9 Å². The number of amides is 3. The summed E-state index contributed by atoms with van der Waals surface area (Å²) >= 11 is 0.981. The monoisotopic (exact) mass is 468 g/mol. The molecular weight excluding hydrogens is 444 g/mol. The maximum absolute atomic E-state index is 13.0. The number of likely N-dealkylation sites (tertiary alicyclic amines) is 1. The molecule has 172 valence electrons. The van der Waals surface area contributed by atoms with Gasteiger partial charge in [0.1, 0.15) is 0 Å². The highest BCUT2D eigenvalue weighted by atomic mass is 32.1. The first-order valence-corrected chi connectivity index (χ1v) is 11.7. The zero-order chi connectivity index (χ0) is 22.8. The number of imidazole rings is 1. The fraction of sp³-hybridized carbons (Fsp3) is 0.429. The third-order valence-corrected chi connectivity index (χ3v) is 6.77. The highest BCUT2D eigenvalue weighted by Gasteiger charge is 2.36. The van der Waals surface area contributed by atoms with Gasteiger partial charge in [-0.2, -0.15) is 0 Å². The molecular formula is C21H24N8O3S. The van der Waals surface area contributed by atoms with E-state index in [0.29, 0.717) is 31.2 Å². The van der Waals surface area contributed by atoms with Crippen LogP contribution >= 0.6 is 11.5 Å². The van der Waals surface area contributed by atoms with Gasteiger partial charge in [-0.3, -0.25) is 14.9 Å². The van der Waals surface area contributed by atoms with Crippen LogP contribution in [-0.2, 0) is 13.1 Å². The highest BCUT2D eigenvalue weighted by molar-refractivity contribution is 7.10. The first kappa shape index (κ1) is 21.3. The summed E-state index contributed by atoms with van der Waals surface area (Å²) in [5.41, 5.74) is 1.10. The summed E-state index contributed by atoms with van der Waals surface area (Å²) in [5, 5.41) is 9.88. The lowest BCUT2D eigenvalue weighted by atomic mass is 9.83. The Morgan fingerprint density at radius 1 is 1.21 bits per heavy atom. The lowest BCUT2D eigenvalue weighted by Crippen LogP contribution is -2.50. The van der Waals surface area contributed by atoms with Crippen LogP contribution in [0.15, 0.2) is 41.7 Å². The topological polar surface area (TPSA) is 127 Å². The van der Waals surface area contributed by atoms with Crippen molar-refractivity contribution in [1.29, 1.82) is 0 Å². The SMILES string of the molecule is O=C(NCCCn1ccnc1)c1nnsc1NC(=O)N1C[C@@H]2C[C@H](C1)c1cccc(=O)n1C2. The van der Waals surface area contributed by atoms with Crippen molar-refractivity contribution in [3.8, 4) is 0 Å². The maximum Gasteiger partial charge on any atom is 0.322 e. The molecule has 33 heavy (non-hydrogen) atoms. The number of hydrogen-bond donors (Lipinski definition) is 2. The molecule has 0 radical (unpaired) electrons. The van der Waals surface area contributed by atoms with E-state index in [0.717, 1.165) is 36.6 Å². The Morgan fingerprint density at radius 3 is 2.97 bits per heavy atom. The molecule has 2 bridgehead atoms. The van der Waals surface area contributed by atoms with Gasteiger partial charge in [0.2, 0.25) is 0 Å². The molecule has 0 aliphatic carbocycles. The van der Waals surface area contributed by atoms with Crippen LogP contribution in [0, 0.1) is 5.92 Å². The Hall–Kier alpha value is -3.54. The molecule has 1 saturated heterocycles. The zero-order valence-corrected chi connectivity index (χ0v) is 18.7. The van der Waals surface area contributed by atoms with Crippen LogP contribution in [0.2, 0.25) is 0 Å². The summed E-state index contributed by atoms with van der Waals surface area (Å²) in [6.07, 6.45) is 7.00. The molecule has 3 aromatic heterocycles. The molecule has 0 aromatic carbocycles. The van der Waals surface area contributed by atoms with Crippen molar-refractivity contribution in [2.45, 2.75) is 31.8 Å². The number of nitrogens with one attached hydrogen (secondary N) is 2. The summed E-state index contributed by atoms with van der Waals surface area (Å²) in [5.74, 6) is -0.0246. The van der Waals surface area contributed by atoms with Crippen LogP contribution in [0.5, 0.6) is 0 Å². The zero-order valence-electron chi connectivity index (χ0n) is 17.9. The van der Waals surface area contributed by atoms with Crippen LogP contribution < -0.4 is 16.2 Å². The van der Waals surface area contributed by atoms with Gasteiger partial charge < -0.3 is 19.4 Å². The number of pyridine rings is 1. The van der Waals surface area contributed by atoms with E-state index in [4.69, 9.17) is 0 Å². The largest absolute Gasteiger partial charge is 0.350 e. The molecule has 1 fully saturated rings. The van der Waals surface area contributed by atoms with Gasteiger partial charge in [-0.25, -0.2) is 9.78 Å². The molecule has 5 heterocycles. The predicted octanol–water partition coefficient (Wildman–Crippen LogP) is 1.37. The number of urea groups is 1. The fourth-order valence-electron chi connectivity index (χ4n) is 4.63. The van der Waals surface area contributed by atoms with Gasteiger partial charge in [-0.05, 0) is 24.8 Å². The smallest absolute Gasteiger partial charge is 0.322 e. The molecule has 0 spiro atoms. The van der Waals surface area contributed by atoms with Crippen LogP contribution in [-0.4, -0.2) is 60.2 Å². The quantitative estimate of drug-likeness (QED) is 0.526. The first-order chi connectivity index (χ1) is 16.1. The van der Waals surface area contributed by atoms with Gasteiger partial charge in [-0.1, -0.05) is 10.6 Å². The minimum Gasteiger partial charge on any atom is -0.350 e. The molecule has 3 amide bonds. The Bertz CT molecular complexity index is 1200. The van der Waals surface area contributed by atoms with E-state index < -0.39 is 0 Å². The molecule has 2 aliphatic heterocycles. The highest BCUT2D eigenvalue weighted by Crippen LogP contribution is 2.35. The number of fused-ring (bicyclic) bond motifs is 4. The molecule has 5 rings (SSSR count). The van der Waals surface area contributed by atoms with E-state index >= 15 is 0 Å². The Balaban J connectivity index is 1.19. The molecule has 12 heteroatoms. The van der Waals surface area contributed by atoms with E-state index in [1.807, 2.05) is 21.4 Å². The third kappa shape index (κ3) is 4.51. The Kier molecular flexibility index (Phi) is 5.90. The van der Waals surface area contributed by atoms with E-state index in [9.17, 15) is 14.4 Å². The van der Waals surface area contributed by atoms with E-state index in [-0.39, 0.29) is 35.0 Å². The van der Waals surface area contributed by atoms with Crippen molar-refractivity contribution in [2.75, 3.05) is 25.0 Å². The number of carbonyl (C=O) groups excluding carboxylic acids is 2. The molecule has 0 unspecified atom stereocenters. The Labute approximate surface area is 193 Å². The number of hydrogen-bond acceptors (Lipinski definition) is 7. The van der Waals surface area contributed by atoms with E-state index in [1.54, 1.807) is 29.6 Å². The maximum atomic E-state index is 13.0. The van der Waals surface area contributed by atoms with Crippen LogP contribution in [0.3, 0.4) is 0 Å². The standard InChI is InChI=1S/C21H24N8O3S/c30-17-4-1-3-16-15-9-14(11-29(16)17)10-28(12-15)21(32)24-20-18(25-26-33-20)19(31)23-5-2-7-27-8-6-22-13-27/h1,3-4,6,8,13-15H,2,5,7,9-12H2,(H,23,31)(H,24,32)/t14-,15+/m0/s1. The number of aryl methyl sites for hydroxylation is 1.